The van der Waals surface area contributed by atoms with Crippen LogP contribution in [0.25, 0.3) is 20.9 Å². The van der Waals surface area contributed by atoms with Gasteiger partial charge in [-0.1, -0.05) is 16.3 Å². The maximum atomic E-state index is 12.2. The van der Waals surface area contributed by atoms with E-state index in [1.165, 1.54) is 0 Å². The lowest BCUT2D eigenvalue weighted by Crippen LogP contribution is -2.22. The Morgan fingerprint density at radius 3 is 1.86 bits per heavy atom. The highest BCUT2D eigenvalue weighted by atomic mass is 16.1. The van der Waals surface area contributed by atoms with Gasteiger partial charge in [-0.05, 0) is 74.4 Å². The van der Waals surface area contributed by atoms with E-state index in [2.05, 4.69) is 20.1 Å². The van der Waals surface area contributed by atoms with Gasteiger partial charge in [0, 0.05) is 27.8 Å². The minimum Gasteiger partial charge on any atom is -0.295 e. The zero-order chi connectivity index (χ0) is 15.8. The molecule has 0 N–H and O–H groups in total. The van der Waals surface area contributed by atoms with Crippen LogP contribution in [0.2, 0.25) is 0 Å². The van der Waals surface area contributed by atoms with E-state index in [0.29, 0.717) is 5.92 Å². The molecule has 118 valence electrons. The van der Waals surface area contributed by atoms with Crippen molar-refractivity contribution in [2.75, 3.05) is 0 Å². The molecule has 0 spiro atoms. The summed E-state index contributed by atoms with van der Waals surface area (Å²) in [5, 5.41) is 7.50. The second-order valence-electron chi connectivity index (χ2n) is 6.25. The van der Waals surface area contributed by atoms with Crippen molar-refractivity contribution in [2.24, 2.45) is 22.1 Å². The molecule has 0 aromatic heterocycles. The Hall–Kier alpha value is -1.97. The monoisotopic (exact) mass is 302 g/mol. The standard InChI is InChI=1S/C15H22N6O/c16-20-18-13-6-1-11(2-7-13)3-10-15(22)12-4-8-14(9-5-12)19-21-17/h3,10-14H,1-2,4-9H2/b10-3-. The van der Waals surface area contributed by atoms with E-state index in [0.717, 1.165) is 51.4 Å². The highest BCUT2D eigenvalue weighted by Crippen LogP contribution is 2.29. The predicted octanol–water partition coefficient (Wildman–Crippen LogP) is 4.85. The summed E-state index contributed by atoms with van der Waals surface area (Å²) in [5.74, 6) is 0.714. The molecule has 0 radical (unpaired) electrons. The number of allylic oxidation sites excluding steroid dienone is 2. The van der Waals surface area contributed by atoms with E-state index in [1.807, 2.05) is 6.08 Å². The summed E-state index contributed by atoms with van der Waals surface area (Å²) in [6.45, 7) is 0. The predicted molar refractivity (Wildman–Crippen MR) is 83.9 cm³/mol. The van der Waals surface area contributed by atoms with Crippen molar-refractivity contribution in [3.05, 3.63) is 33.0 Å². The van der Waals surface area contributed by atoms with Gasteiger partial charge in [0.15, 0.2) is 5.78 Å². The van der Waals surface area contributed by atoms with Crippen LogP contribution in [-0.2, 0) is 4.79 Å². The number of nitrogens with zero attached hydrogens (tertiary/aromatic N) is 6. The average Bonchev–Trinajstić information content (AvgIpc) is 2.55. The molecule has 0 aromatic carbocycles. The van der Waals surface area contributed by atoms with Gasteiger partial charge < -0.3 is 0 Å². The Labute approximate surface area is 130 Å². The molecule has 0 heterocycles. The van der Waals surface area contributed by atoms with Crippen molar-refractivity contribution in [3.8, 4) is 0 Å². The second-order valence-corrected chi connectivity index (χ2v) is 6.25. The Bertz CT molecular complexity index is 502. The highest BCUT2D eigenvalue weighted by molar-refractivity contribution is 5.91. The van der Waals surface area contributed by atoms with Crippen LogP contribution >= 0.6 is 0 Å². The molecule has 0 saturated heterocycles. The normalized spacial score (nSPS) is 32.0. The summed E-state index contributed by atoms with van der Waals surface area (Å²) >= 11 is 0. The van der Waals surface area contributed by atoms with E-state index >= 15 is 0 Å². The van der Waals surface area contributed by atoms with Gasteiger partial charge in [-0.3, -0.25) is 4.79 Å². The number of carbonyl (C=O) groups excluding carboxylic acids is 1. The number of hydrogen-bond acceptors (Lipinski definition) is 3. The summed E-state index contributed by atoms with van der Waals surface area (Å²) in [6.07, 6.45) is 10.8. The average molecular weight is 302 g/mol. The SMILES string of the molecule is [N-]=[N+]=NC1CCC(/C=C\C(=O)C2CCC(N=[N+]=[N-])CC2)CC1. The van der Waals surface area contributed by atoms with Crippen LogP contribution in [0.15, 0.2) is 22.4 Å². The van der Waals surface area contributed by atoms with Crippen molar-refractivity contribution in [1.29, 1.82) is 0 Å². The zero-order valence-corrected chi connectivity index (χ0v) is 12.7. The first-order valence-corrected chi connectivity index (χ1v) is 8.03. The fourth-order valence-corrected chi connectivity index (χ4v) is 3.40. The topological polar surface area (TPSA) is 115 Å². The third-order valence-electron chi connectivity index (χ3n) is 4.80. The van der Waals surface area contributed by atoms with E-state index in [-0.39, 0.29) is 23.8 Å². The van der Waals surface area contributed by atoms with Crippen LogP contribution in [0, 0.1) is 11.8 Å². The number of ketones is 1. The lowest BCUT2D eigenvalue weighted by Gasteiger charge is -2.25. The van der Waals surface area contributed by atoms with Gasteiger partial charge in [0.05, 0.1) is 0 Å². The fraction of sp³-hybridized carbons (Fsp3) is 0.800. The molecule has 2 aliphatic rings. The summed E-state index contributed by atoms with van der Waals surface area (Å²) in [4.78, 5) is 17.9. The van der Waals surface area contributed by atoms with Gasteiger partial charge in [-0.2, -0.15) is 0 Å². The Morgan fingerprint density at radius 1 is 0.864 bits per heavy atom. The number of hydrogen-bond donors (Lipinski definition) is 0. The summed E-state index contributed by atoms with van der Waals surface area (Å²) < 4.78 is 0. The first-order chi connectivity index (χ1) is 10.7. The first kappa shape index (κ1) is 16.4. The van der Waals surface area contributed by atoms with E-state index in [9.17, 15) is 4.79 Å². The Kier molecular flexibility index (Phi) is 6.31. The molecule has 0 aliphatic heterocycles. The molecule has 0 bridgehead atoms. The van der Waals surface area contributed by atoms with Crippen molar-refractivity contribution in [2.45, 2.75) is 63.5 Å². The molecule has 2 aliphatic carbocycles. The quantitative estimate of drug-likeness (QED) is 0.307. The van der Waals surface area contributed by atoms with E-state index < -0.39 is 0 Å². The summed E-state index contributed by atoms with van der Waals surface area (Å²) in [6, 6.07) is 0.190. The molecule has 2 fully saturated rings. The van der Waals surface area contributed by atoms with Crippen molar-refractivity contribution >= 4 is 5.78 Å². The Balaban J connectivity index is 1.75. The van der Waals surface area contributed by atoms with Gasteiger partial charge >= 0.3 is 0 Å². The molecule has 0 unspecified atom stereocenters. The number of carbonyl (C=O) groups is 1. The summed E-state index contributed by atoms with van der Waals surface area (Å²) in [5.41, 5.74) is 16.9. The molecule has 7 nitrogen and oxygen atoms in total. The smallest absolute Gasteiger partial charge is 0.158 e. The largest absolute Gasteiger partial charge is 0.295 e. The lowest BCUT2D eigenvalue weighted by atomic mass is 9.82. The van der Waals surface area contributed by atoms with Gasteiger partial charge in [0.25, 0.3) is 0 Å². The minimum atomic E-state index is 0.0639. The van der Waals surface area contributed by atoms with Crippen LogP contribution in [0.1, 0.15) is 51.4 Å². The third-order valence-corrected chi connectivity index (χ3v) is 4.80. The molecule has 0 atom stereocenters. The third kappa shape index (κ3) is 4.79. The molecule has 0 amide bonds. The zero-order valence-electron chi connectivity index (χ0n) is 12.7. The second kappa shape index (κ2) is 8.47. The van der Waals surface area contributed by atoms with E-state index in [1.54, 1.807) is 6.08 Å². The van der Waals surface area contributed by atoms with Crippen molar-refractivity contribution in [3.63, 3.8) is 0 Å². The number of rotatable bonds is 5. The molecular weight excluding hydrogens is 280 g/mol. The van der Waals surface area contributed by atoms with Crippen LogP contribution in [0.5, 0.6) is 0 Å². The minimum absolute atomic E-state index is 0.0639. The molecule has 7 heteroatoms. The van der Waals surface area contributed by atoms with Crippen LogP contribution in [-0.4, -0.2) is 17.9 Å². The van der Waals surface area contributed by atoms with Gasteiger partial charge in [0.2, 0.25) is 0 Å². The van der Waals surface area contributed by atoms with Crippen LogP contribution in [0.4, 0.5) is 0 Å². The van der Waals surface area contributed by atoms with Gasteiger partial charge in [-0.25, -0.2) is 0 Å². The van der Waals surface area contributed by atoms with Crippen LogP contribution in [0.3, 0.4) is 0 Å². The molecule has 22 heavy (non-hydrogen) atoms. The Morgan fingerprint density at radius 2 is 1.36 bits per heavy atom. The van der Waals surface area contributed by atoms with Crippen LogP contribution < -0.4 is 0 Å². The van der Waals surface area contributed by atoms with Gasteiger partial charge in [0.1, 0.15) is 0 Å². The molecule has 2 saturated carbocycles. The van der Waals surface area contributed by atoms with E-state index in [4.69, 9.17) is 11.1 Å². The van der Waals surface area contributed by atoms with Crippen molar-refractivity contribution in [1.82, 2.24) is 0 Å². The van der Waals surface area contributed by atoms with Gasteiger partial charge in [-0.15, -0.1) is 0 Å². The highest BCUT2D eigenvalue weighted by Gasteiger charge is 2.25. The maximum Gasteiger partial charge on any atom is 0.158 e. The molecular formula is C15H22N6O. The fourth-order valence-electron chi connectivity index (χ4n) is 3.40. The molecule has 2 rings (SSSR count). The number of azide groups is 2. The van der Waals surface area contributed by atoms with Crippen molar-refractivity contribution < 1.29 is 4.79 Å². The molecule has 0 aromatic rings. The first-order valence-electron chi connectivity index (χ1n) is 8.03. The maximum absolute atomic E-state index is 12.2. The summed E-state index contributed by atoms with van der Waals surface area (Å²) in [7, 11) is 0. The lowest BCUT2D eigenvalue weighted by molar-refractivity contribution is -0.119.